The topological polar surface area (TPSA) is 105 Å². The molecule has 0 aliphatic carbocycles. The molecule has 0 unspecified atom stereocenters. The summed E-state index contributed by atoms with van der Waals surface area (Å²) in [5.74, 6) is -0.122. The lowest BCUT2D eigenvalue weighted by Crippen LogP contribution is -2.49. The number of ether oxygens (including phenoxy) is 1. The van der Waals surface area contributed by atoms with Gasteiger partial charge in [0.1, 0.15) is 5.75 Å². The van der Waals surface area contributed by atoms with E-state index in [1.165, 1.54) is 24.3 Å². The number of sulfonamides is 1. The van der Waals surface area contributed by atoms with Gasteiger partial charge in [-0.15, -0.1) is 0 Å². The van der Waals surface area contributed by atoms with Crippen molar-refractivity contribution < 1.29 is 22.7 Å². The van der Waals surface area contributed by atoms with Gasteiger partial charge in [0.15, 0.2) is 0 Å². The molecule has 29 heavy (non-hydrogen) atoms. The maximum Gasteiger partial charge on any atom is 0.248 e. The molecule has 2 aromatic rings. The Hall–Kier alpha value is -3.17. The first kappa shape index (κ1) is 20.6. The van der Waals surface area contributed by atoms with Gasteiger partial charge in [-0.25, -0.2) is 8.42 Å². The number of amides is 2. The molecule has 1 fully saturated rings. The van der Waals surface area contributed by atoms with Gasteiger partial charge in [0, 0.05) is 30.4 Å². The molecule has 1 saturated heterocycles. The standard InChI is InChI=1S/C20H21N3O5S/c1-28-18-8-3-2-5-15(18)9-10-19(24)22-16-6-4-7-17(13-16)29(26,27)23-12-11-21-20(25)14-23/h2-10,13H,11-12,14H2,1H3,(H,21,25)(H,22,24). The predicted molar refractivity (Wildman–Crippen MR) is 109 cm³/mol. The number of anilines is 1. The number of nitrogens with zero attached hydrogens (tertiary/aromatic N) is 1. The van der Waals surface area contributed by atoms with Crippen LogP contribution in [0.25, 0.3) is 6.08 Å². The molecule has 0 radical (unpaired) electrons. The predicted octanol–water partition coefficient (Wildman–Crippen LogP) is 1.47. The molecule has 152 valence electrons. The first-order chi connectivity index (χ1) is 13.9. The first-order valence-electron chi connectivity index (χ1n) is 8.89. The van der Waals surface area contributed by atoms with Crippen LogP contribution in [0.5, 0.6) is 5.75 Å². The van der Waals surface area contributed by atoms with E-state index in [2.05, 4.69) is 10.6 Å². The smallest absolute Gasteiger partial charge is 0.248 e. The molecular weight excluding hydrogens is 394 g/mol. The van der Waals surface area contributed by atoms with Gasteiger partial charge < -0.3 is 15.4 Å². The quantitative estimate of drug-likeness (QED) is 0.695. The summed E-state index contributed by atoms with van der Waals surface area (Å²) < 4.78 is 31.9. The molecule has 3 rings (SSSR count). The molecule has 0 saturated carbocycles. The van der Waals surface area contributed by atoms with Crippen molar-refractivity contribution in [3.05, 3.63) is 60.2 Å². The first-order valence-corrected chi connectivity index (χ1v) is 10.3. The molecule has 0 spiro atoms. The summed E-state index contributed by atoms with van der Waals surface area (Å²) in [6.45, 7) is 0.245. The van der Waals surface area contributed by atoms with E-state index in [4.69, 9.17) is 4.74 Å². The van der Waals surface area contributed by atoms with E-state index in [1.54, 1.807) is 25.3 Å². The van der Waals surface area contributed by atoms with Crippen LogP contribution >= 0.6 is 0 Å². The van der Waals surface area contributed by atoms with Crippen molar-refractivity contribution in [2.24, 2.45) is 0 Å². The SMILES string of the molecule is COc1ccccc1C=CC(=O)Nc1cccc(S(=O)(=O)N2CCNC(=O)C2)c1. The third-order valence-corrected chi connectivity index (χ3v) is 6.14. The van der Waals surface area contributed by atoms with Crippen molar-refractivity contribution in [3.63, 3.8) is 0 Å². The molecule has 1 aliphatic rings. The lowest BCUT2D eigenvalue weighted by Gasteiger charge is -2.26. The number of benzene rings is 2. The number of rotatable bonds is 6. The van der Waals surface area contributed by atoms with Crippen LogP contribution in [0.15, 0.2) is 59.5 Å². The second-order valence-electron chi connectivity index (χ2n) is 6.28. The summed E-state index contributed by atoms with van der Waals surface area (Å²) in [6, 6.07) is 13.2. The minimum Gasteiger partial charge on any atom is -0.496 e. The van der Waals surface area contributed by atoms with Gasteiger partial charge in [-0.1, -0.05) is 24.3 Å². The second-order valence-corrected chi connectivity index (χ2v) is 8.22. The third kappa shape index (κ3) is 5.01. The van der Waals surface area contributed by atoms with E-state index in [0.717, 1.165) is 9.87 Å². The molecule has 0 atom stereocenters. The maximum atomic E-state index is 12.8. The average molecular weight is 415 g/mol. The Bertz CT molecular complexity index is 1050. The fraction of sp³-hybridized carbons (Fsp3) is 0.200. The Labute approximate surface area is 169 Å². The van der Waals surface area contributed by atoms with Gasteiger partial charge in [0.25, 0.3) is 0 Å². The molecule has 8 nitrogen and oxygen atoms in total. The van der Waals surface area contributed by atoms with Crippen LogP contribution < -0.4 is 15.4 Å². The van der Waals surface area contributed by atoms with Gasteiger partial charge in [-0.3, -0.25) is 9.59 Å². The minimum atomic E-state index is -3.83. The molecule has 2 aromatic carbocycles. The number of piperazine rings is 1. The van der Waals surface area contributed by atoms with Crippen LogP contribution in [0.2, 0.25) is 0 Å². The van der Waals surface area contributed by atoms with Crippen molar-refractivity contribution >= 4 is 33.6 Å². The number of hydrogen-bond acceptors (Lipinski definition) is 5. The average Bonchev–Trinajstić information content (AvgIpc) is 2.72. The van der Waals surface area contributed by atoms with Crippen LogP contribution in [-0.2, 0) is 19.6 Å². The van der Waals surface area contributed by atoms with Gasteiger partial charge in [-0.2, -0.15) is 4.31 Å². The van der Waals surface area contributed by atoms with Gasteiger partial charge in [0.2, 0.25) is 21.8 Å². The highest BCUT2D eigenvalue weighted by atomic mass is 32.2. The highest BCUT2D eigenvalue weighted by Gasteiger charge is 2.29. The third-order valence-electron chi connectivity index (χ3n) is 4.30. The van der Waals surface area contributed by atoms with E-state index < -0.39 is 15.9 Å². The summed E-state index contributed by atoms with van der Waals surface area (Å²) >= 11 is 0. The number of para-hydroxylation sites is 1. The van der Waals surface area contributed by atoms with Crippen molar-refractivity contribution in [1.29, 1.82) is 0 Å². The normalized spacial score (nSPS) is 15.1. The summed E-state index contributed by atoms with van der Waals surface area (Å²) in [6.07, 6.45) is 2.95. The molecule has 0 bridgehead atoms. The summed E-state index contributed by atoms with van der Waals surface area (Å²) in [7, 11) is -2.28. The molecule has 9 heteroatoms. The number of carbonyl (C=O) groups is 2. The monoisotopic (exact) mass is 415 g/mol. The minimum absolute atomic E-state index is 0.0127. The fourth-order valence-electron chi connectivity index (χ4n) is 2.86. The summed E-state index contributed by atoms with van der Waals surface area (Å²) in [5.41, 5.74) is 1.08. The maximum absolute atomic E-state index is 12.8. The van der Waals surface area contributed by atoms with E-state index in [1.807, 2.05) is 18.2 Å². The highest BCUT2D eigenvalue weighted by Crippen LogP contribution is 2.21. The van der Waals surface area contributed by atoms with E-state index in [-0.39, 0.29) is 30.4 Å². The van der Waals surface area contributed by atoms with Gasteiger partial charge in [-0.05, 0) is 30.3 Å². The van der Waals surface area contributed by atoms with E-state index in [0.29, 0.717) is 11.4 Å². The molecule has 0 aromatic heterocycles. The number of methoxy groups -OCH3 is 1. The lowest BCUT2D eigenvalue weighted by atomic mass is 10.2. The van der Waals surface area contributed by atoms with Crippen molar-refractivity contribution in [2.75, 3.05) is 32.1 Å². The zero-order valence-electron chi connectivity index (χ0n) is 15.8. The van der Waals surface area contributed by atoms with Gasteiger partial charge in [0.05, 0.1) is 18.6 Å². The second kappa shape index (κ2) is 8.89. The Kier molecular flexibility index (Phi) is 6.30. The molecule has 2 N–H and O–H groups in total. The Morgan fingerprint density at radius 3 is 2.76 bits per heavy atom. The number of hydrogen-bond donors (Lipinski definition) is 2. The Morgan fingerprint density at radius 1 is 1.21 bits per heavy atom. The Morgan fingerprint density at radius 2 is 2.00 bits per heavy atom. The van der Waals surface area contributed by atoms with Crippen LogP contribution in [0.4, 0.5) is 5.69 Å². The number of nitrogens with one attached hydrogen (secondary N) is 2. The zero-order chi connectivity index (χ0) is 20.9. The van der Waals surface area contributed by atoms with Crippen LogP contribution in [0.3, 0.4) is 0 Å². The van der Waals surface area contributed by atoms with Crippen molar-refractivity contribution in [3.8, 4) is 5.75 Å². The van der Waals surface area contributed by atoms with Crippen molar-refractivity contribution in [2.45, 2.75) is 4.90 Å². The molecule has 2 amide bonds. The summed E-state index contributed by atoms with van der Waals surface area (Å²) in [4.78, 5) is 23.8. The fourth-order valence-corrected chi connectivity index (χ4v) is 4.30. The number of carbonyl (C=O) groups excluding carboxylic acids is 2. The molecular formula is C20H21N3O5S. The molecule has 1 heterocycles. The van der Waals surface area contributed by atoms with Gasteiger partial charge >= 0.3 is 0 Å². The molecule has 1 aliphatic heterocycles. The van der Waals surface area contributed by atoms with E-state index in [9.17, 15) is 18.0 Å². The van der Waals surface area contributed by atoms with E-state index >= 15 is 0 Å². The highest BCUT2D eigenvalue weighted by molar-refractivity contribution is 7.89. The largest absolute Gasteiger partial charge is 0.496 e. The lowest BCUT2D eigenvalue weighted by molar-refractivity contribution is -0.122. The van der Waals surface area contributed by atoms with Crippen LogP contribution in [0.1, 0.15) is 5.56 Å². The summed E-state index contributed by atoms with van der Waals surface area (Å²) in [5, 5.41) is 5.24. The Balaban J connectivity index is 1.73. The zero-order valence-corrected chi connectivity index (χ0v) is 16.6. The van der Waals surface area contributed by atoms with Crippen molar-refractivity contribution in [1.82, 2.24) is 9.62 Å². The van der Waals surface area contributed by atoms with Crippen LogP contribution in [0, 0.1) is 0 Å². The van der Waals surface area contributed by atoms with Crippen LogP contribution in [-0.4, -0.2) is 51.3 Å².